The molecule has 0 bridgehead atoms. The van der Waals surface area contributed by atoms with Crippen LogP contribution in [0.4, 0.5) is 5.69 Å². The van der Waals surface area contributed by atoms with Crippen LogP contribution in [-0.2, 0) is 6.54 Å². The second-order valence-corrected chi connectivity index (χ2v) is 4.22. The number of hydrogen-bond donors (Lipinski definition) is 1. The first-order chi connectivity index (χ1) is 9.22. The first-order valence-electron chi connectivity index (χ1n) is 6.10. The van der Waals surface area contributed by atoms with E-state index in [0.717, 1.165) is 28.4 Å². The number of anilines is 1. The van der Waals surface area contributed by atoms with Gasteiger partial charge in [-0.3, -0.25) is 4.98 Å². The van der Waals surface area contributed by atoms with Gasteiger partial charge in [-0.1, -0.05) is 0 Å². The predicted molar refractivity (Wildman–Crippen MR) is 75.8 cm³/mol. The van der Waals surface area contributed by atoms with Crippen LogP contribution in [0.2, 0.25) is 0 Å². The lowest BCUT2D eigenvalue weighted by atomic mass is 10.2. The summed E-state index contributed by atoms with van der Waals surface area (Å²) >= 11 is 0. The molecule has 1 aromatic carbocycles. The highest BCUT2D eigenvalue weighted by atomic mass is 16.5. The molecule has 1 heterocycles. The molecule has 0 amide bonds. The van der Waals surface area contributed by atoms with Gasteiger partial charge in [0, 0.05) is 17.8 Å². The molecule has 1 N–H and O–H groups in total. The van der Waals surface area contributed by atoms with Gasteiger partial charge >= 0.3 is 0 Å². The van der Waals surface area contributed by atoms with Gasteiger partial charge in [0.25, 0.3) is 0 Å². The van der Waals surface area contributed by atoms with E-state index in [1.54, 1.807) is 14.2 Å². The largest absolute Gasteiger partial charge is 0.497 e. The van der Waals surface area contributed by atoms with Crippen LogP contribution in [-0.4, -0.2) is 19.2 Å². The Bertz CT molecular complexity index is 538. The minimum Gasteiger partial charge on any atom is -0.497 e. The summed E-state index contributed by atoms with van der Waals surface area (Å²) in [5.74, 6) is 1.66. The minimum absolute atomic E-state index is 0.658. The van der Waals surface area contributed by atoms with E-state index in [-0.39, 0.29) is 0 Å². The van der Waals surface area contributed by atoms with Gasteiger partial charge in [-0.2, -0.15) is 0 Å². The lowest BCUT2D eigenvalue weighted by Crippen LogP contribution is -2.02. The van der Waals surface area contributed by atoms with Crippen molar-refractivity contribution in [2.75, 3.05) is 19.5 Å². The second kappa shape index (κ2) is 6.09. The lowest BCUT2D eigenvalue weighted by Gasteiger charge is -2.12. The van der Waals surface area contributed by atoms with Gasteiger partial charge in [-0.05, 0) is 37.3 Å². The monoisotopic (exact) mass is 258 g/mol. The van der Waals surface area contributed by atoms with Crippen LogP contribution in [0.15, 0.2) is 36.5 Å². The molecule has 19 heavy (non-hydrogen) atoms. The van der Waals surface area contributed by atoms with Gasteiger partial charge in [-0.25, -0.2) is 0 Å². The molecule has 0 fully saturated rings. The molecule has 0 aliphatic heterocycles. The van der Waals surface area contributed by atoms with Gasteiger partial charge in [0.1, 0.15) is 11.5 Å². The zero-order valence-electron chi connectivity index (χ0n) is 11.4. The average Bonchev–Trinajstić information content (AvgIpc) is 2.46. The van der Waals surface area contributed by atoms with Gasteiger partial charge in [0.2, 0.25) is 0 Å². The number of ether oxygens (including phenoxy) is 2. The predicted octanol–water partition coefficient (Wildman–Crippen LogP) is 3.02. The van der Waals surface area contributed by atoms with Crippen LogP contribution in [0.25, 0.3) is 0 Å². The summed E-state index contributed by atoms with van der Waals surface area (Å²) in [6.07, 6.45) is 1.82. The zero-order chi connectivity index (χ0) is 13.7. The summed E-state index contributed by atoms with van der Waals surface area (Å²) < 4.78 is 10.6. The lowest BCUT2D eigenvalue weighted by molar-refractivity contribution is 0.399. The van der Waals surface area contributed by atoms with Crippen LogP contribution in [0, 0.1) is 6.92 Å². The fraction of sp³-hybridized carbons (Fsp3) is 0.267. The van der Waals surface area contributed by atoms with Crippen molar-refractivity contribution in [2.45, 2.75) is 13.5 Å². The number of hydrogen-bond acceptors (Lipinski definition) is 4. The van der Waals surface area contributed by atoms with Crippen LogP contribution in [0.1, 0.15) is 11.3 Å². The normalized spacial score (nSPS) is 10.1. The maximum atomic E-state index is 5.34. The number of benzene rings is 1. The van der Waals surface area contributed by atoms with E-state index in [9.17, 15) is 0 Å². The fourth-order valence-electron chi connectivity index (χ4n) is 1.79. The number of methoxy groups -OCH3 is 2. The Balaban J connectivity index is 2.11. The Labute approximate surface area is 113 Å². The Morgan fingerprint density at radius 1 is 1.11 bits per heavy atom. The summed E-state index contributed by atoms with van der Waals surface area (Å²) in [5.41, 5.74) is 3.03. The number of pyridine rings is 1. The summed E-state index contributed by atoms with van der Waals surface area (Å²) in [7, 11) is 3.32. The smallest absolute Gasteiger partial charge is 0.124 e. The Morgan fingerprint density at radius 2 is 1.95 bits per heavy atom. The zero-order valence-corrected chi connectivity index (χ0v) is 11.4. The molecule has 4 heteroatoms. The SMILES string of the molecule is COc1ccc(OC)c(CNc2ccc(C)nc2)c1. The number of aryl methyl sites for hydroxylation is 1. The molecule has 0 aliphatic carbocycles. The molecule has 0 unspecified atom stereocenters. The molecule has 0 saturated heterocycles. The van der Waals surface area contributed by atoms with Crippen molar-refractivity contribution in [3.8, 4) is 11.5 Å². The summed E-state index contributed by atoms with van der Waals surface area (Å²) in [5, 5.41) is 3.32. The maximum absolute atomic E-state index is 5.34. The summed E-state index contributed by atoms with van der Waals surface area (Å²) in [6, 6.07) is 9.74. The van der Waals surface area contributed by atoms with Gasteiger partial charge in [0.05, 0.1) is 26.1 Å². The molecule has 100 valence electrons. The molecule has 0 radical (unpaired) electrons. The molecule has 0 spiro atoms. The van der Waals surface area contributed by atoms with Crippen LogP contribution in [0.5, 0.6) is 11.5 Å². The molecular formula is C15H18N2O2. The summed E-state index contributed by atoms with van der Waals surface area (Å²) in [4.78, 5) is 4.25. The topological polar surface area (TPSA) is 43.4 Å². The Hall–Kier alpha value is -2.23. The highest BCUT2D eigenvalue weighted by Gasteiger charge is 2.05. The highest BCUT2D eigenvalue weighted by Crippen LogP contribution is 2.24. The van der Waals surface area contributed by atoms with Crippen LogP contribution < -0.4 is 14.8 Å². The highest BCUT2D eigenvalue weighted by molar-refractivity contribution is 5.46. The second-order valence-electron chi connectivity index (χ2n) is 4.22. The van der Waals surface area contributed by atoms with Gasteiger partial charge in [-0.15, -0.1) is 0 Å². The maximum Gasteiger partial charge on any atom is 0.124 e. The average molecular weight is 258 g/mol. The molecular weight excluding hydrogens is 240 g/mol. The van der Waals surface area contributed by atoms with E-state index < -0.39 is 0 Å². The Morgan fingerprint density at radius 3 is 2.58 bits per heavy atom. The van der Waals surface area contributed by atoms with Crippen molar-refractivity contribution in [2.24, 2.45) is 0 Å². The molecule has 2 aromatic rings. The Kier molecular flexibility index (Phi) is 4.23. The van der Waals surface area contributed by atoms with E-state index in [2.05, 4.69) is 10.3 Å². The van der Waals surface area contributed by atoms with E-state index in [0.29, 0.717) is 6.54 Å². The molecule has 0 atom stereocenters. The summed E-state index contributed by atoms with van der Waals surface area (Å²) in [6.45, 7) is 2.62. The van der Waals surface area contributed by atoms with Crippen LogP contribution >= 0.6 is 0 Å². The molecule has 0 aliphatic rings. The third-order valence-corrected chi connectivity index (χ3v) is 2.88. The van der Waals surface area contributed by atoms with Crippen LogP contribution in [0.3, 0.4) is 0 Å². The molecule has 0 saturated carbocycles. The first-order valence-corrected chi connectivity index (χ1v) is 6.10. The third kappa shape index (κ3) is 3.37. The molecule has 2 rings (SSSR count). The molecule has 4 nitrogen and oxygen atoms in total. The number of nitrogens with one attached hydrogen (secondary N) is 1. The van der Waals surface area contributed by atoms with E-state index in [4.69, 9.17) is 9.47 Å². The number of nitrogens with zero attached hydrogens (tertiary/aromatic N) is 1. The molecule has 1 aromatic heterocycles. The van der Waals surface area contributed by atoms with Gasteiger partial charge in [0.15, 0.2) is 0 Å². The quantitative estimate of drug-likeness (QED) is 0.895. The van der Waals surface area contributed by atoms with E-state index in [1.165, 1.54) is 0 Å². The number of aromatic nitrogens is 1. The van der Waals surface area contributed by atoms with Crippen molar-refractivity contribution in [3.63, 3.8) is 0 Å². The van der Waals surface area contributed by atoms with Crippen molar-refractivity contribution >= 4 is 5.69 Å². The fourth-order valence-corrected chi connectivity index (χ4v) is 1.79. The van der Waals surface area contributed by atoms with E-state index in [1.807, 2.05) is 43.5 Å². The van der Waals surface area contributed by atoms with Crippen molar-refractivity contribution in [1.29, 1.82) is 0 Å². The first kappa shape index (κ1) is 13.2. The standard InChI is InChI=1S/C15H18N2O2/c1-11-4-5-13(10-16-11)17-9-12-8-14(18-2)6-7-15(12)19-3/h4-8,10,17H,9H2,1-3H3. The van der Waals surface area contributed by atoms with Crippen molar-refractivity contribution in [1.82, 2.24) is 4.98 Å². The minimum atomic E-state index is 0.658. The van der Waals surface area contributed by atoms with Crippen molar-refractivity contribution < 1.29 is 9.47 Å². The van der Waals surface area contributed by atoms with E-state index >= 15 is 0 Å². The van der Waals surface area contributed by atoms with Gasteiger partial charge < -0.3 is 14.8 Å². The number of rotatable bonds is 5. The van der Waals surface area contributed by atoms with Crippen molar-refractivity contribution in [3.05, 3.63) is 47.8 Å². The third-order valence-electron chi connectivity index (χ3n) is 2.88.